The van der Waals surface area contributed by atoms with E-state index in [0.717, 1.165) is 35.7 Å². The minimum atomic E-state index is -0.236. The Hall–Kier alpha value is -1.69. The predicted molar refractivity (Wildman–Crippen MR) is 95.1 cm³/mol. The van der Waals surface area contributed by atoms with Crippen LogP contribution in [-0.4, -0.2) is 16.0 Å². The number of amides is 1. The van der Waals surface area contributed by atoms with Crippen LogP contribution in [0.15, 0.2) is 33.3 Å². The van der Waals surface area contributed by atoms with Gasteiger partial charge in [0, 0.05) is 16.0 Å². The van der Waals surface area contributed by atoms with E-state index in [1.165, 1.54) is 0 Å². The largest absolute Gasteiger partial charge is 0.344 e. The highest BCUT2D eigenvalue weighted by Gasteiger charge is 2.31. The summed E-state index contributed by atoms with van der Waals surface area (Å²) in [5.41, 5.74) is 0.890. The second-order valence-corrected chi connectivity index (χ2v) is 7.38. The van der Waals surface area contributed by atoms with Crippen molar-refractivity contribution in [1.82, 2.24) is 15.5 Å². The molecule has 0 spiro atoms. The molecule has 2 atom stereocenters. The van der Waals surface area contributed by atoms with Crippen molar-refractivity contribution in [3.8, 4) is 11.4 Å². The second-order valence-electron chi connectivity index (χ2n) is 6.46. The van der Waals surface area contributed by atoms with Crippen molar-refractivity contribution in [3.05, 3.63) is 34.6 Å². The average Bonchev–Trinajstić information content (AvgIpc) is 3.00. The van der Waals surface area contributed by atoms with E-state index in [9.17, 15) is 4.79 Å². The van der Waals surface area contributed by atoms with Crippen molar-refractivity contribution in [2.24, 2.45) is 11.8 Å². The lowest BCUT2D eigenvalue weighted by atomic mass is 9.84. The van der Waals surface area contributed by atoms with Gasteiger partial charge in [0.1, 0.15) is 6.04 Å². The predicted octanol–water partition coefficient (Wildman–Crippen LogP) is 4.50. The first-order valence-corrected chi connectivity index (χ1v) is 9.27. The summed E-state index contributed by atoms with van der Waals surface area (Å²) in [6.45, 7) is 4.19. The van der Waals surface area contributed by atoms with Gasteiger partial charge in [-0.25, -0.2) is 0 Å². The Kier molecular flexibility index (Phi) is 5.33. The fourth-order valence-electron chi connectivity index (χ4n) is 2.70. The fraction of sp³-hybridized carbons (Fsp3) is 0.500. The molecule has 1 N–H and O–H groups in total. The van der Waals surface area contributed by atoms with E-state index >= 15 is 0 Å². The highest BCUT2D eigenvalue weighted by atomic mass is 79.9. The molecule has 5 nitrogen and oxygen atoms in total. The minimum Gasteiger partial charge on any atom is -0.344 e. The van der Waals surface area contributed by atoms with E-state index in [2.05, 4.69) is 45.2 Å². The van der Waals surface area contributed by atoms with Gasteiger partial charge < -0.3 is 9.84 Å². The summed E-state index contributed by atoms with van der Waals surface area (Å²) in [6.07, 6.45) is 4.02. The molecule has 1 aliphatic rings. The van der Waals surface area contributed by atoms with Crippen LogP contribution in [0.3, 0.4) is 0 Å². The van der Waals surface area contributed by atoms with Gasteiger partial charge in [0.05, 0.1) is 0 Å². The third-order valence-corrected chi connectivity index (χ3v) is 5.33. The van der Waals surface area contributed by atoms with Crippen LogP contribution in [0, 0.1) is 11.8 Å². The van der Waals surface area contributed by atoms with E-state index in [4.69, 9.17) is 4.52 Å². The summed E-state index contributed by atoms with van der Waals surface area (Å²) in [7, 11) is 0. The lowest BCUT2D eigenvalue weighted by Crippen LogP contribution is -2.39. The van der Waals surface area contributed by atoms with Gasteiger partial charge in [0.25, 0.3) is 0 Å². The fourth-order valence-corrected chi connectivity index (χ4v) is 2.97. The first-order valence-electron chi connectivity index (χ1n) is 8.48. The molecule has 0 radical (unpaired) electrons. The van der Waals surface area contributed by atoms with Crippen LogP contribution in [0.2, 0.25) is 0 Å². The molecule has 0 bridgehead atoms. The number of halogens is 1. The van der Waals surface area contributed by atoms with E-state index in [-0.39, 0.29) is 23.8 Å². The van der Waals surface area contributed by atoms with Crippen LogP contribution in [0.5, 0.6) is 0 Å². The molecule has 24 heavy (non-hydrogen) atoms. The molecule has 0 saturated heterocycles. The number of benzene rings is 1. The molecule has 1 amide bonds. The summed E-state index contributed by atoms with van der Waals surface area (Å²) in [5.74, 6) is 1.51. The van der Waals surface area contributed by atoms with Crippen LogP contribution in [0.25, 0.3) is 11.4 Å². The Morgan fingerprint density at radius 2 is 2.08 bits per heavy atom. The maximum atomic E-state index is 12.3. The molecule has 1 aromatic carbocycles. The lowest BCUT2D eigenvalue weighted by molar-refractivity contribution is -0.128. The zero-order valence-electron chi connectivity index (χ0n) is 14.0. The molecule has 1 saturated carbocycles. The van der Waals surface area contributed by atoms with Crippen molar-refractivity contribution in [3.63, 3.8) is 0 Å². The molecule has 1 aromatic heterocycles. The van der Waals surface area contributed by atoms with E-state index < -0.39 is 0 Å². The molecule has 1 heterocycles. The van der Waals surface area contributed by atoms with E-state index in [1.54, 1.807) is 0 Å². The molecule has 6 heteroatoms. The van der Waals surface area contributed by atoms with E-state index in [1.807, 2.05) is 24.3 Å². The zero-order chi connectivity index (χ0) is 17.1. The highest BCUT2D eigenvalue weighted by molar-refractivity contribution is 9.10. The number of nitrogens with zero attached hydrogens (tertiary/aromatic N) is 2. The topological polar surface area (TPSA) is 68.0 Å². The molecule has 128 valence electrons. The number of aromatic nitrogens is 2. The van der Waals surface area contributed by atoms with Gasteiger partial charge in [-0.2, -0.15) is 4.98 Å². The van der Waals surface area contributed by atoms with Crippen LogP contribution in [0.4, 0.5) is 0 Å². The monoisotopic (exact) mass is 391 g/mol. The third-order valence-electron chi connectivity index (χ3n) is 4.80. The van der Waals surface area contributed by atoms with Gasteiger partial charge in [-0.15, -0.1) is 0 Å². The number of nitrogens with one attached hydrogen (secondary N) is 1. The Labute approximate surface area is 150 Å². The number of hydrogen-bond donors (Lipinski definition) is 1. The molecule has 1 aliphatic carbocycles. The number of carbonyl (C=O) groups is 1. The van der Waals surface area contributed by atoms with Crippen molar-refractivity contribution in [2.75, 3.05) is 0 Å². The van der Waals surface area contributed by atoms with Crippen molar-refractivity contribution in [2.45, 2.75) is 45.6 Å². The van der Waals surface area contributed by atoms with Crippen LogP contribution >= 0.6 is 15.9 Å². The first kappa shape index (κ1) is 17.1. The van der Waals surface area contributed by atoms with Gasteiger partial charge in [-0.05, 0) is 43.0 Å². The zero-order valence-corrected chi connectivity index (χ0v) is 15.5. The number of rotatable bonds is 6. The third kappa shape index (κ3) is 3.69. The van der Waals surface area contributed by atoms with Gasteiger partial charge in [0.2, 0.25) is 17.6 Å². The summed E-state index contributed by atoms with van der Waals surface area (Å²) in [4.78, 5) is 16.9. The Morgan fingerprint density at radius 1 is 1.38 bits per heavy atom. The summed E-state index contributed by atoms with van der Waals surface area (Å²) < 4.78 is 6.48. The Balaban J connectivity index is 1.79. The molecule has 3 rings (SSSR count). The maximum Gasteiger partial charge on any atom is 0.249 e. The van der Waals surface area contributed by atoms with Gasteiger partial charge in [-0.1, -0.05) is 47.8 Å². The summed E-state index contributed by atoms with van der Waals surface area (Å²) in [6, 6.07) is 7.51. The van der Waals surface area contributed by atoms with Crippen LogP contribution in [0.1, 0.15) is 51.5 Å². The van der Waals surface area contributed by atoms with Crippen molar-refractivity contribution < 1.29 is 9.32 Å². The normalized spacial score (nSPS) is 17.1. The molecule has 1 fully saturated rings. The van der Waals surface area contributed by atoms with Crippen LogP contribution < -0.4 is 5.32 Å². The summed E-state index contributed by atoms with van der Waals surface area (Å²) in [5, 5.41) is 7.20. The molecule has 0 aliphatic heterocycles. The summed E-state index contributed by atoms with van der Waals surface area (Å²) >= 11 is 3.42. The standard InChI is InChI=1S/C18H22BrN3O2/c1-3-11(2)15(20-17(23)13-5-4-6-13)18-21-16(22-24-18)12-7-9-14(19)10-8-12/h7-11,13,15H,3-6H2,1-2H3,(H,20,23)/t11-,15+/m1/s1. The molecule has 2 aromatic rings. The van der Waals surface area contributed by atoms with Gasteiger partial charge in [0.15, 0.2) is 0 Å². The Bertz CT molecular complexity index is 695. The molecular formula is C18H22BrN3O2. The SMILES string of the molecule is CC[C@@H](C)[C@H](NC(=O)C1CCC1)c1nc(-c2ccc(Br)cc2)no1. The number of hydrogen-bond acceptors (Lipinski definition) is 4. The van der Waals surface area contributed by atoms with E-state index in [0.29, 0.717) is 11.7 Å². The minimum absolute atomic E-state index is 0.106. The highest BCUT2D eigenvalue weighted by Crippen LogP contribution is 2.30. The van der Waals surface area contributed by atoms with Crippen molar-refractivity contribution in [1.29, 1.82) is 0 Å². The number of carbonyl (C=O) groups excluding carboxylic acids is 1. The average molecular weight is 392 g/mol. The smallest absolute Gasteiger partial charge is 0.249 e. The van der Waals surface area contributed by atoms with Crippen molar-refractivity contribution >= 4 is 21.8 Å². The van der Waals surface area contributed by atoms with Crippen LogP contribution in [-0.2, 0) is 4.79 Å². The first-order chi connectivity index (χ1) is 11.6. The van der Waals surface area contributed by atoms with Gasteiger partial charge >= 0.3 is 0 Å². The molecule has 0 unspecified atom stereocenters. The quantitative estimate of drug-likeness (QED) is 0.786. The molecular weight excluding hydrogens is 370 g/mol. The lowest BCUT2D eigenvalue weighted by Gasteiger charge is -2.28. The van der Waals surface area contributed by atoms with Gasteiger partial charge in [-0.3, -0.25) is 4.79 Å². The Morgan fingerprint density at radius 3 is 2.67 bits per heavy atom. The second kappa shape index (κ2) is 7.47. The maximum absolute atomic E-state index is 12.3.